The molecule has 0 saturated carbocycles. The van der Waals surface area contributed by atoms with Crippen molar-refractivity contribution in [3.63, 3.8) is 0 Å². The van der Waals surface area contributed by atoms with E-state index >= 15 is 0 Å². The number of ether oxygens (including phenoxy) is 1. The minimum atomic E-state index is -1.87. The van der Waals surface area contributed by atoms with Crippen LogP contribution < -0.4 is 9.39 Å². The van der Waals surface area contributed by atoms with Crippen LogP contribution in [0.1, 0.15) is 13.8 Å². The summed E-state index contributed by atoms with van der Waals surface area (Å²) in [7, 11) is -1.87. The smallest absolute Gasteiger partial charge is 0.512 e. The number of hydrogen-bond acceptors (Lipinski definition) is 5. The standard InChI is InChI=1S/C11H13BO5/c1-8(2)7-11(13)16-9-3-5-10(6-4-9)17-12(14)15/h3-7,14-15H,1-2H3. The summed E-state index contributed by atoms with van der Waals surface area (Å²) in [5, 5.41) is 17.1. The summed E-state index contributed by atoms with van der Waals surface area (Å²) in [6, 6.07) is 5.91. The molecule has 1 aromatic carbocycles. The van der Waals surface area contributed by atoms with Crippen LogP contribution in [0.4, 0.5) is 0 Å². The Hall–Kier alpha value is -1.79. The van der Waals surface area contributed by atoms with E-state index in [0.717, 1.165) is 5.57 Å². The molecule has 0 atom stereocenters. The second-order valence-electron chi connectivity index (χ2n) is 3.56. The van der Waals surface area contributed by atoms with E-state index in [9.17, 15) is 4.79 Å². The Bertz CT molecular complexity index is 406. The number of benzene rings is 1. The largest absolute Gasteiger partial charge is 0.707 e. The molecule has 0 saturated heterocycles. The highest BCUT2D eigenvalue weighted by Crippen LogP contribution is 2.17. The first-order valence-corrected chi connectivity index (χ1v) is 4.97. The number of carbonyl (C=O) groups excluding carboxylic acids is 1. The Morgan fingerprint density at radius 3 is 2.18 bits per heavy atom. The second kappa shape index (κ2) is 6.07. The molecular formula is C11H13BO5. The van der Waals surface area contributed by atoms with Crippen molar-refractivity contribution in [3.05, 3.63) is 35.9 Å². The van der Waals surface area contributed by atoms with Gasteiger partial charge in [-0.25, -0.2) is 4.79 Å². The average molecular weight is 236 g/mol. The van der Waals surface area contributed by atoms with Gasteiger partial charge in [0.1, 0.15) is 11.5 Å². The van der Waals surface area contributed by atoms with E-state index in [4.69, 9.17) is 14.8 Å². The molecule has 0 aromatic heterocycles. The minimum Gasteiger partial charge on any atom is -0.512 e. The molecule has 0 fully saturated rings. The molecule has 0 radical (unpaired) electrons. The lowest BCUT2D eigenvalue weighted by molar-refractivity contribution is -0.129. The Morgan fingerprint density at radius 2 is 1.71 bits per heavy atom. The molecule has 0 aliphatic heterocycles. The van der Waals surface area contributed by atoms with Crippen molar-refractivity contribution in [2.75, 3.05) is 0 Å². The Labute approximate surface area is 99.5 Å². The summed E-state index contributed by atoms with van der Waals surface area (Å²) in [6.45, 7) is 3.58. The monoisotopic (exact) mass is 236 g/mol. The molecule has 0 aliphatic carbocycles. The summed E-state index contributed by atoms with van der Waals surface area (Å²) in [5.41, 5.74) is 0.846. The molecule has 90 valence electrons. The van der Waals surface area contributed by atoms with Crippen molar-refractivity contribution in [3.8, 4) is 11.5 Å². The van der Waals surface area contributed by atoms with E-state index in [1.165, 1.54) is 30.3 Å². The molecule has 5 nitrogen and oxygen atoms in total. The van der Waals surface area contributed by atoms with Crippen LogP contribution in [0.15, 0.2) is 35.9 Å². The number of allylic oxidation sites excluding steroid dienone is 1. The van der Waals surface area contributed by atoms with Gasteiger partial charge in [0.25, 0.3) is 0 Å². The van der Waals surface area contributed by atoms with Gasteiger partial charge in [0.15, 0.2) is 0 Å². The first-order valence-electron chi connectivity index (χ1n) is 4.97. The van der Waals surface area contributed by atoms with E-state index < -0.39 is 13.3 Å². The zero-order valence-corrected chi connectivity index (χ0v) is 9.58. The van der Waals surface area contributed by atoms with Crippen molar-refractivity contribution < 1.29 is 24.2 Å². The summed E-state index contributed by atoms with van der Waals surface area (Å²) < 4.78 is 9.59. The Morgan fingerprint density at radius 1 is 1.18 bits per heavy atom. The molecule has 1 rings (SSSR count). The maximum atomic E-state index is 11.3. The number of hydrogen-bond donors (Lipinski definition) is 2. The predicted octanol–water partition coefficient (Wildman–Crippen LogP) is 0.906. The normalized spacial score (nSPS) is 9.41. The molecular weight excluding hydrogens is 223 g/mol. The molecule has 0 unspecified atom stereocenters. The highest BCUT2D eigenvalue weighted by molar-refractivity contribution is 6.33. The third kappa shape index (κ3) is 5.19. The van der Waals surface area contributed by atoms with Crippen LogP contribution in [-0.4, -0.2) is 23.3 Å². The van der Waals surface area contributed by atoms with Crippen molar-refractivity contribution >= 4 is 13.3 Å². The highest BCUT2D eigenvalue weighted by atomic mass is 16.6. The number of carbonyl (C=O) groups is 1. The van der Waals surface area contributed by atoms with Crippen molar-refractivity contribution in [1.29, 1.82) is 0 Å². The van der Waals surface area contributed by atoms with E-state index in [0.29, 0.717) is 5.75 Å². The molecule has 0 heterocycles. The van der Waals surface area contributed by atoms with Crippen LogP contribution in [0, 0.1) is 0 Å². The first kappa shape index (κ1) is 13.3. The molecule has 0 amide bonds. The lowest BCUT2D eigenvalue weighted by Crippen LogP contribution is -2.20. The summed E-state index contributed by atoms with van der Waals surface area (Å²) in [5.74, 6) is 0.162. The van der Waals surface area contributed by atoms with Gasteiger partial charge in [0, 0.05) is 6.08 Å². The van der Waals surface area contributed by atoms with Gasteiger partial charge in [-0.3, -0.25) is 0 Å². The molecule has 1 aromatic rings. The predicted molar refractivity (Wildman–Crippen MR) is 62.3 cm³/mol. The Kier molecular flexibility index (Phi) is 4.75. The van der Waals surface area contributed by atoms with Crippen LogP contribution >= 0.6 is 0 Å². The van der Waals surface area contributed by atoms with Gasteiger partial charge in [0.05, 0.1) is 0 Å². The van der Waals surface area contributed by atoms with Gasteiger partial charge in [-0.2, -0.15) is 0 Å². The molecule has 0 spiro atoms. The lowest BCUT2D eigenvalue weighted by Gasteiger charge is -2.05. The van der Waals surface area contributed by atoms with Gasteiger partial charge in [-0.1, -0.05) is 5.57 Å². The third-order valence-corrected chi connectivity index (χ3v) is 1.69. The summed E-state index contributed by atoms with van der Waals surface area (Å²) in [4.78, 5) is 11.3. The molecule has 17 heavy (non-hydrogen) atoms. The SMILES string of the molecule is CC(C)=CC(=O)Oc1ccc(OB(O)O)cc1. The van der Waals surface area contributed by atoms with Crippen LogP contribution in [0.2, 0.25) is 0 Å². The number of esters is 1. The fraction of sp³-hybridized carbons (Fsp3) is 0.182. The quantitative estimate of drug-likeness (QED) is 0.351. The third-order valence-electron chi connectivity index (χ3n) is 1.69. The fourth-order valence-corrected chi connectivity index (χ4v) is 1.09. The van der Waals surface area contributed by atoms with Crippen molar-refractivity contribution in [2.45, 2.75) is 13.8 Å². The Balaban J connectivity index is 2.62. The van der Waals surface area contributed by atoms with E-state index in [1.54, 1.807) is 13.8 Å². The second-order valence-corrected chi connectivity index (χ2v) is 3.56. The minimum absolute atomic E-state index is 0.266. The topological polar surface area (TPSA) is 76.0 Å². The lowest BCUT2D eigenvalue weighted by atomic mass is 10.2. The molecule has 2 N–H and O–H groups in total. The van der Waals surface area contributed by atoms with Gasteiger partial charge in [-0.05, 0) is 38.1 Å². The van der Waals surface area contributed by atoms with E-state index in [2.05, 4.69) is 4.65 Å². The zero-order chi connectivity index (χ0) is 12.8. The molecule has 0 aliphatic rings. The van der Waals surface area contributed by atoms with Crippen molar-refractivity contribution in [2.24, 2.45) is 0 Å². The average Bonchev–Trinajstić information content (AvgIpc) is 2.18. The fourth-order valence-electron chi connectivity index (χ4n) is 1.09. The van der Waals surface area contributed by atoms with Crippen LogP contribution in [0.3, 0.4) is 0 Å². The zero-order valence-electron chi connectivity index (χ0n) is 9.58. The van der Waals surface area contributed by atoms with Gasteiger partial charge in [-0.15, -0.1) is 0 Å². The highest BCUT2D eigenvalue weighted by Gasteiger charge is 2.11. The molecule has 6 heteroatoms. The maximum Gasteiger partial charge on any atom is 0.707 e. The van der Waals surface area contributed by atoms with Gasteiger partial charge < -0.3 is 19.4 Å². The summed E-state index contributed by atoms with van der Waals surface area (Å²) >= 11 is 0. The van der Waals surface area contributed by atoms with E-state index in [-0.39, 0.29) is 5.75 Å². The van der Waals surface area contributed by atoms with Crippen LogP contribution in [0.25, 0.3) is 0 Å². The summed E-state index contributed by atoms with van der Waals surface area (Å²) in [6.07, 6.45) is 1.38. The first-order chi connectivity index (χ1) is 7.97. The van der Waals surface area contributed by atoms with E-state index in [1.807, 2.05) is 0 Å². The van der Waals surface area contributed by atoms with Gasteiger partial charge >= 0.3 is 13.3 Å². The maximum absolute atomic E-state index is 11.3. The van der Waals surface area contributed by atoms with Crippen molar-refractivity contribution in [1.82, 2.24) is 0 Å². The van der Waals surface area contributed by atoms with Crippen LogP contribution in [0.5, 0.6) is 11.5 Å². The molecule has 0 bridgehead atoms. The van der Waals surface area contributed by atoms with Crippen LogP contribution in [-0.2, 0) is 4.79 Å². The number of rotatable bonds is 4. The van der Waals surface area contributed by atoms with Gasteiger partial charge in [0.2, 0.25) is 0 Å².